The molecule has 0 spiro atoms. The monoisotopic (exact) mass is 377 g/mol. The van der Waals surface area contributed by atoms with Crippen LogP contribution in [-0.2, 0) is 0 Å². The molecule has 28 heavy (non-hydrogen) atoms. The quantitative estimate of drug-likeness (QED) is 0.613. The Morgan fingerprint density at radius 2 is 1.89 bits per heavy atom. The van der Waals surface area contributed by atoms with Gasteiger partial charge in [-0.15, -0.1) is 0 Å². The van der Waals surface area contributed by atoms with Gasteiger partial charge in [0.05, 0.1) is 11.9 Å². The lowest BCUT2D eigenvalue weighted by atomic mass is 10.2. The van der Waals surface area contributed by atoms with Gasteiger partial charge in [-0.3, -0.25) is 14.6 Å². The first-order chi connectivity index (χ1) is 13.7. The molecule has 0 bridgehead atoms. The van der Waals surface area contributed by atoms with Crippen LogP contribution in [0, 0.1) is 0 Å². The number of H-pyrrole nitrogens is 1. The predicted molar refractivity (Wildman–Crippen MR) is 103 cm³/mol. The molecule has 0 unspecified atom stereocenters. The van der Waals surface area contributed by atoms with E-state index in [1.165, 1.54) is 6.20 Å². The van der Waals surface area contributed by atoms with Gasteiger partial charge in [0, 0.05) is 42.4 Å². The van der Waals surface area contributed by atoms with E-state index in [4.69, 9.17) is 0 Å². The molecular formula is C19H19N7O2. The zero-order valence-electron chi connectivity index (χ0n) is 15.0. The summed E-state index contributed by atoms with van der Waals surface area (Å²) in [6.07, 6.45) is 10.1. The maximum atomic E-state index is 12.2. The summed E-state index contributed by atoms with van der Waals surface area (Å²) in [5.74, 6) is 0.270. The highest BCUT2D eigenvalue weighted by Gasteiger charge is 2.27. The molecule has 0 aromatic carbocycles. The Labute approximate surface area is 160 Å². The maximum Gasteiger partial charge on any atom is 0.271 e. The van der Waals surface area contributed by atoms with Crippen LogP contribution >= 0.6 is 0 Å². The van der Waals surface area contributed by atoms with Gasteiger partial charge in [-0.05, 0) is 37.5 Å². The number of carbonyl (C=O) groups excluding carboxylic acids is 1. The summed E-state index contributed by atoms with van der Waals surface area (Å²) in [5, 5.41) is 6.31. The van der Waals surface area contributed by atoms with Crippen molar-refractivity contribution in [3.63, 3.8) is 0 Å². The van der Waals surface area contributed by atoms with Crippen molar-refractivity contribution in [2.75, 3.05) is 5.32 Å². The molecule has 9 heteroatoms. The first-order valence-electron chi connectivity index (χ1n) is 9.03. The number of amides is 1. The van der Waals surface area contributed by atoms with E-state index in [1.54, 1.807) is 18.6 Å². The second-order valence-electron chi connectivity index (χ2n) is 6.62. The molecule has 1 amide bonds. The molecule has 3 aromatic heterocycles. The molecule has 1 aliphatic rings. The number of hydrogen-bond acceptors (Lipinski definition) is 7. The minimum Gasteiger partial charge on any atom is -0.351 e. The van der Waals surface area contributed by atoms with Crippen molar-refractivity contribution in [1.82, 2.24) is 30.2 Å². The van der Waals surface area contributed by atoms with Gasteiger partial charge in [0.25, 0.3) is 11.5 Å². The van der Waals surface area contributed by atoms with Crippen LogP contribution in [0.5, 0.6) is 0 Å². The lowest BCUT2D eigenvalue weighted by molar-refractivity contribution is 0.0932. The van der Waals surface area contributed by atoms with Crippen molar-refractivity contribution in [1.29, 1.82) is 0 Å². The molecule has 9 nitrogen and oxygen atoms in total. The molecular weight excluding hydrogens is 358 g/mol. The molecule has 4 rings (SSSR count). The van der Waals surface area contributed by atoms with Crippen LogP contribution in [-0.4, -0.2) is 42.9 Å². The van der Waals surface area contributed by atoms with Gasteiger partial charge in [0.2, 0.25) is 5.95 Å². The Kier molecular flexibility index (Phi) is 5.05. The number of carbonyl (C=O) groups is 1. The summed E-state index contributed by atoms with van der Waals surface area (Å²) in [6.45, 7) is 0. The smallest absolute Gasteiger partial charge is 0.271 e. The first kappa shape index (κ1) is 17.8. The minimum absolute atomic E-state index is 0.0297. The second-order valence-corrected chi connectivity index (χ2v) is 6.62. The molecule has 3 heterocycles. The van der Waals surface area contributed by atoms with Gasteiger partial charge < -0.3 is 15.6 Å². The Bertz CT molecular complexity index is 1000. The zero-order chi connectivity index (χ0) is 19.3. The summed E-state index contributed by atoms with van der Waals surface area (Å²) in [4.78, 5) is 42.5. The number of pyridine rings is 1. The fourth-order valence-electron chi connectivity index (χ4n) is 3.26. The Morgan fingerprint density at radius 1 is 1.07 bits per heavy atom. The number of nitrogens with zero attached hydrogens (tertiary/aromatic N) is 4. The number of nitrogens with one attached hydrogen (secondary N) is 3. The highest BCUT2D eigenvalue weighted by atomic mass is 16.2. The van der Waals surface area contributed by atoms with E-state index >= 15 is 0 Å². The zero-order valence-corrected chi connectivity index (χ0v) is 15.0. The van der Waals surface area contributed by atoms with E-state index in [-0.39, 0.29) is 29.2 Å². The van der Waals surface area contributed by atoms with E-state index in [1.807, 2.05) is 18.2 Å². The lowest BCUT2D eigenvalue weighted by Crippen LogP contribution is -2.34. The maximum absolute atomic E-state index is 12.2. The summed E-state index contributed by atoms with van der Waals surface area (Å²) in [5.41, 5.74) is 1.66. The summed E-state index contributed by atoms with van der Waals surface area (Å²) < 4.78 is 0. The molecule has 3 N–H and O–H groups in total. The molecule has 1 saturated carbocycles. The highest BCUT2D eigenvalue weighted by molar-refractivity contribution is 5.92. The van der Waals surface area contributed by atoms with Gasteiger partial charge in [-0.1, -0.05) is 0 Å². The van der Waals surface area contributed by atoms with Crippen LogP contribution in [0.15, 0.2) is 54.0 Å². The van der Waals surface area contributed by atoms with Gasteiger partial charge in [-0.25, -0.2) is 15.0 Å². The molecule has 0 aliphatic heterocycles. The van der Waals surface area contributed by atoms with Crippen molar-refractivity contribution >= 4 is 11.9 Å². The van der Waals surface area contributed by atoms with E-state index in [9.17, 15) is 9.59 Å². The normalized spacial score (nSPS) is 18.6. The van der Waals surface area contributed by atoms with Gasteiger partial charge in [0.15, 0.2) is 0 Å². The van der Waals surface area contributed by atoms with Gasteiger partial charge in [0.1, 0.15) is 5.69 Å². The fraction of sp³-hybridized carbons (Fsp3) is 0.263. The topological polar surface area (TPSA) is 126 Å². The molecule has 2 atom stereocenters. The largest absolute Gasteiger partial charge is 0.351 e. The summed E-state index contributed by atoms with van der Waals surface area (Å²) >= 11 is 0. The van der Waals surface area contributed by atoms with Gasteiger partial charge in [-0.2, -0.15) is 0 Å². The van der Waals surface area contributed by atoms with Crippen LogP contribution < -0.4 is 16.2 Å². The van der Waals surface area contributed by atoms with Crippen molar-refractivity contribution in [3.8, 4) is 11.3 Å². The third-order valence-corrected chi connectivity index (χ3v) is 4.64. The van der Waals surface area contributed by atoms with E-state index in [0.29, 0.717) is 5.95 Å². The standard InChI is InChI=1S/C19H19N7O2/c27-17-11-22-16(10-23-17)18(28)24-13-1-2-14(9-13)25-19-21-8-5-15(26-19)12-3-6-20-7-4-12/h3-8,10-11,13-14H,1-2,9H2,(H,23,27)(H,24,28)(H,21,25,26)/t13-,14-/m0/s1. The minimum atomic E-state index is -0.337. The molecule has 3 aromatic rings. The van der Waals surface area contributed by atoms with Crippen LogP contribution in [0.3, 0.4) is 0 Å². The lowest BCUT2D eigenvalue weighted by Gasteiger charge is -2.15. The molecule has 0 radical (unpaired) electrons. The predicted octanol–water partition coefficient (Wildman–Crippen LogP) is 1.38. The van der Waals surface area contributed by atoms with E-state index in [2.05, 4.69) is 35.6 Å². The number of anilines is 1. The average Bonchev–Trinajstić information content (AvgIpc) is 3.16. The third-order valence-electron chi connectivity index (χ3n) is 4.64. The number of rotatable bonds is 5. The van der Waals surface area contributed by atoms with Crippen molar-refractivity contribution in [3.05, 3.63) is 65.2 Å². The van der Waals surface area contributed by atoms with Crippen LogP contribution in [0.25, 0.3) is 11.3 Å². The van der Waals surface area contributed by atoms with Crippen molar-refractivity contribution in [2.45, 2.75) is 31.3 Å². The highest BCUT2D eigenvalue weighted by Crippen LogP contribution is 2.23. The van der Waals surface area contributed by atoms with E-state index < -0.39 is 0 Å². The summed E-state index contributed by atoms with van der Waals surface area (Å²) in [7, 11) is 0. The Balaban J connectivity index is 1.35. The number of aromatic nitrogens is 5. The third kappa shape index (κ3) is 4.20. The Morgan fingerprint density at radius 3 is 2.68 bits per heavy atom. The average molecular weight is 377 g/mol. The second kappa shape index (κ2) is 7.95. The number of hydrogen-bond donors (Lipinski definition) is 3. The Hall–Kier alpha value is -3.62. The molecule has 1 aliphatic carbocycles. The first-order valence-corrected chi connectivity index (χ1v) is 9.03. The van der Waals surface area contributed by atoms with Crippen molar-refractivity contribution in [2.24, 2.45) is 0 Å². The van der Waals surface area contributed by atoms with Crippen LogP contribution in [0.2, 0.25) is 0 Å². The molecule has 1 fully saturated rings. The summed E-state index contributed by atoms with van der Waals surface area (Å²) in [6, 6.07) is 5.86. The SMILES string of the molecule is O=C(N[C@H]1CC[C@H](Nc2nccc(-c3ccncc3)n2)C1)c1c[nH]c(=O)cn1. The van der Waals surface area contributed by atoms with E-state index in [0.717, 1.165) is 36.7 Å². The molecule has 0 saturated heterocycles. The van der Waals surface area contributed by atoms with Crippen molar-refractivity contribution < 1.29 is 4.79 Å². The van der Waals surface area contributed by atoms with Gasteiger partial charge >= 0.3 is 0 Å². The number of aromatic amines is 1. The molecule has 142 valence electrons. The van der Waals surface area contributed by atoms with Crippen LogP contribution in [0.1, 0.15) is 29.8 Å². The van der Waals surface area contributed by atoms with Crippen LogP contribution in [0.4, 0.5) is 5.95 Å². The fourth-order valence-corrected chi connectivity index (χ4v) is 3.26.